The summed E-state index contributed by atoms with van der Waals surface area (Å²) in [5.74, 6) is -0.277. The predicted octanol–water partition coefficient (Wildman–Crippen LogP) is 4.22. The maximum absolute atomic E-state index is 14.1. The number of benzene rings is 1. The van der Waals surface area contributed by atoms with E-state index in [9.17, 15) is 31.1 Å². The molecule has 2 aliphatic rings. The summed E-state index contributed by atoms with van der Waals surface area (Å²) in [6, 6.07) is 4.88. The zero-order chi connectivity index (χ0) is 23.5. The van der Waals surface area contributed by atoms with Crippen LogP contribution >= 0.6 is 0 Å². The number of aryl methyl sites for hydroxylation is 2. The van der Waals surface area contributed by atoms with E-state index in [4.69, 9.17) is 4.84 Å². The molecule has 0 radical (unpaired) electrons. The van der Waals surface area contributed by atoms with Gasteiger partial charge in [-0.3, -0.25) is 9.48 Å². The number of amides is 1. The van der Waals surface area contributed by atoms with Crippen LogP contribution < -0.4 is 5.32 Å². The molecule has 2 aromatic rings. The van der Waals surface area contributed by atoms with Gasteiger partial charge >= 0.3 is 12.4 Å². The van der Waals surface area contributed by atoms with Crippen LogP contribution in [-0.4, -0.2) is 33.6 Å². The fourth-order valence-corrected chi connectivity index (χ4v) is 3.60. The van der Waals surface area contributed by atoms with Crippen molar-refractivity contribution in [1.29, 1.82) is 0 Å². The first-order chi connectivity index (χ1) is 14.8. The SMILES string of the molecule is Cc1cc(C2=NOC(c3cc(C(F)(F)F)nn3C)(C(F)(F)F)C2)ccc1C(=O)NC1CC1. The lowest BCUT2D eigenvalue weighted by atomic mass is 9.89. The van der Waals surface area contributed by atoms with Crippen LogP contribution in [0.25, 0.3) is 0 Å². The Morgan fingerprint density at radius 3 is 2.41 bits per heavy atom. The molecule has 172 valence electrons. The Bertz CT molecular complexity index is 1100. The molecule has 1 aromatic heterocycles. The van der Waals surface area contributed by atoms with Crippen LogP contribution in [-0.2, 0) is 23.7 Å². The van der Waals surface area contributed by atoms with E-state index >= 15 is 0 Å². The Kier molecular flexibility index (Phi) is 5.01. The molecular weight excluding hydrogens is 442 g/mol. The van der Waals surface area contributed by atoms with Crippen molar-refractivity contribution in [2.24, 2.45) is 12.2 Å². The number of nitrogens with one attached hydrogen (secondary N) is 1. The second-order valence-electron chi connectivity index (χ2n) is 7.94. The molecule has 1 amide bonds. The predicted molar refractivity (Wildman–Crippen MR) is 99.8 cm³/mol. The van der Waals surface area contributed by atoms with E-state index in [1.807, 2.05) is 0 Å². The second kappa shape index (κ2) is 7.24. The summed E-state index contributed by atoms with van der Waals surface area (Å²) in [7, 11) is 0.983. The molecule has 1 saturated carbocycles. The molecule has 1 atom stereocenters. The maximum atomic E-state index is 14.1. The third-order valence-electron chi connectivity index (χ3n) is 5.49. The molecule has 1 N–H and O–H groups in total. The highest BCUT2D eigenvalue weighted by atomic mass is 19.4. The van der Waals surface area contributed by atoms with Gasteiger partial charge in [-0.2, -0.15) is 31.4 Å². The van der Waals surface area contributed by atoms with Gasteiger partial charge in [-0.25, -0.2) is 0 Å². The van der Waals surface area contributed by atoms with Crippen LogP contribution in [0.15, 0.2) is 29.4 Å². The van der Waals surface area contributed by atoms with E-state index in [0.29, 0.717) is 21.9 Å². The van der Waals surface area contributed by atoms with Crippen molar-refractivity contribution in [2.45, 2.75) is 50.2 Å². The number of alkyl halides is 6. The lowest BCUT2D eigenvalue weighted by molar-refractivity contribution is -0.278. The van der Waals surface area contributed by atoms with Gasteiger partial charge in [0, 0.05) is 18.7 Å². The first kappa shape index (κ1) is 22.2. The molecule has 6 nitrogen and oxygen atoms in total. The summed E-state index contributed by atoms with van der Waals surface area (Å²) in [6.45, 7) is 1.63. The molecule has 2 heterocycles. The molecule has 0 saturated heterocycles. The molecule has 1 fully saturated rings. The summed E-state index contributed by atoms with van der Waals surface area (Å²) < 4.78 is 81.8. The first-order valence-corrected chi connectivity index (χ1v) is 9.67. The number of carbonyl (C=O) groups is 1. The number of aromatic nitrogens is 2. The molecule has 12 heteroatoms. The van der Waals surface area contributed by atoms with Crippen molar-refractivity contribution < 1.29 is 36.0 Å². The average molecular weight is 460 g/mol. The van der Waals surface area contributed by atoms with Crippen LogP contribution in [0.5, 0.6) is 0 Å². The molecule has 0 bridgehead atoms. The average Bonchev–Trinajstić information content (AvgIpc) is 3.21. The minimum absolute atomic E-state index is 0.102. The van der Waals surface area contributed by atoms with Crippen LogP contribution in [0.3, 0.4) is 0 Å². The molecule has 4 rings (SSSR count). The molecule has 32 heavy (non-hydrogen) atoms. The van der Waals surface area contributed by atoms with Crippen molar-refractivity contribution >= 4 is 11.6 Å². The number of hydrogen-bond donors (Lipinski definition) is 1. The number of halogens is 6. The minimum atomic E-state index is -5.08. The van der Waals surface area contributed by atoms with Gasteiger partial charge in [0.2, 0.25) is 0 Å². The zero-order valence-electron chi connectivity index (χ0n) is 16.9. The molecule has 1 aromatic carbocycles. The van der Waals surface area contributed by atoms with Crippen molar-refractivity contribution in [3.05, 3.63) is 52.3 Å². The summed E-state index contributed by atoms with van der Waals surface area (Å²) in [6.07, 6.45) is -9.03. The highest BCUT2D eigenvalue weighted by Crippen LogP contribution is 2.49. The van der Waals surface area contributed by atoms with Gasteiger partial charge in [0.1, 0.15) is 0 Å². The van der Waals surface area contributed by atoms with Crippen LogP contribution in [0.4, 0.5) is 26.3 Å². The van der Waals surface area contributed by atoms with Gasteiger partial charge in [-0.05, 0) is 49.1 Å². The Morgan fingerprint density at radius 2 is 1.88 bits per heavy atom. The normalized spacial score (nSPS) is 21.3. The highest BCUT2D eigenvalue weighted by Gasteiger charge is 2.64. The van der Waals surface area contributed by atoms with E-state index in [0.717, 1.165) is 19.9 Å². The van der Waals surface area contributed by atoms with Crippen molar-refractivity contribution in [1.82, 2.24) is 15.1 Å². The number of rotatable bonds is 4. The Hall–Kier alpha value is -3.05. The third-order valence-corrected chi connectivity index (χ3v) is 5.49. The van der Waals surface area contributed by atoms with E-state index in [2.05, 4.69) is 15.6 Å². The quantitative estimate of drug-likeness (QED) is 0.695. The fraction of sp³-hybridized carbons (Fsp3) is 0.450. The lowest BCUT2D eigenvalue weighted by Gasteiger charge is -2.28. The minimum Gasteiger partial charge on any atom is -0.372 e. The van der Waals surface area contributed by atoms with Gasteiger partial charge < -0.3 is 10.2 Å². The van der Waals surface area contributed by atoms with Gasteiger partial charge in [-0.15, -0.1) is 0 Å². The first-order valence-electron chi connectivity index (χ1n) is 9.67. The smallest absolute Gasteiger partial charge is 0.372 e. The van der Waals surface area contributed by atoms with Crippen LogP contribution in [0.2, 0.25) is 0 Å². The molecule has 1 unspecified atom stereocenters. The number of oxime groups is 1. The molecule has 0 spiro atoms. The van der Waals surface area contributed by atoms with Crippen molar-refractivity contribution in [2.75, 3.05) is 0 Å². The summed E-state index contributed by atoms with van der Waals surface area (Å²) >= 11 is 0. The number of nitrogens with zero attached hydrogens (tertiary/aromatic N) is 3. The van der Waals surface area contributed by atoms with E-state index in [1.54, 1.807) is 6.92 Å². The molecule has 1 aliphatic heterocycles. The summed E-state index contributed by atoms with van der Waals surface area (Å²) in [4.78, 5) is 17.1. The molecular formula is C20H18F6N4O2. The van der Waals surface area contributed by atoms with Crippen LogP contribution in [0.1, 0.15) is 52.1 Å². The molecule has 1 aliphatic carbocycles. The Labute approximate surface area is 178 Å². The van der Waals surface area contributed by atoms with Gasteiger partial charge in [0.05, 0.1) is 17.8 Å². The highest BCUT2D eigenvalue weighted by molar-refractivity contribution is 6.03. The summed E-state index contributed by atoms with van der Waals surface area (Å²) in [5, 5.41) is 9.57. The lowest BCUT2D eigenvalue weighted by Crippen LogP contribution is -2.44. The van der Waals surface area contributed by atoms with Crippen molar-refractivity contribution in [3.8, 4) is 0 Å². The fourth-order valence-electron chi connectivity index (χ4n) is 3.60. The number of hydrogen-bond acceptors (Lipinski definition) is 4. The second-order valence-corrected chi connectivity index (χ2v) is 7.94. The van der Waals surface area contributed by atoms with E-state index in [-0.39, 0.29) is 23.2 Å². The zero-order valence-corrected chi connectivity index (χ0v) is 16.9. The van der Waals surface area contributed by atoms with E-state index < -0.39 is 35.8 Å². The van der Waals surface area contributed by atoms with Gasteiger partial charge in [0.25, 0.3) is 11.5 Å². The van der Waals surface area contributed by atoms with Crippen LogP contribution in [0, 0.1) is 6.92 Å². The largest absolute Gasteiger partial charge is 0.437 e. The maximum Gasteiger partial charge on any atom is 0.437 e. The van der Waals surface area contributed by atoms with E-state index in [1.165, 1.54) is 18.2 Å². The monoisotopic (exact) mass is 460 g/mol. The standard InChI is InChI=1S/C20H18F6N4O2/c1-10-7-11(3-6-13(10)17(31)27-12-4-5-12)14-9-18(32-29-14,20(24,25)26)16-8-15(19(21,22)23)28-30(16)2/h3,6-8,12H,4-5,9H2,1-2H3,(H,27,31). The van der Waals surface area contributed by atoms with Crippen molar-refractivity contribution in [3.63, 3.8) is 0 Å². The topological polar surface area (TPSA) is 68.5 Å². The number of carbonyl (C=O) groups excluding carboxylic acids is 1. The Balaban J connectivity index is 1.65. The van der Waals surface area contributed by atoms with Gasteiger partial charge in [-0.1, -0.05) is 11.2 Å². The Morgan fingerprint density at radius 1 is 1.19 bits per heavy atom. The van der Waals surface area contributed by atoms with Gasteiger partial charge in [0.15, 0.2) is 5.69 Å². The third kappa shape index (κ3) is 3.82. The summed E-state index contributed by atoms with van der Waals surface area (Å²) in [5.41, 5.74) is -4.32.